The standard InChI is InChI=1S/C16H19N5O2/c1-9-5-19-21(7-9)15-12(4-13(15)22)20-16(23)11-6-17-8-18-14(11)10-2-3-10/h5-8,10,12-13,15,22H,2-4H2,1H3,(H,20,23)/t12-,13+,15+/m0/s1. The molecule has 2 aromatic rings. The van der Waals surface area contributed by atoms with Crippen molar-refractivity contribution in [3.05, 3.63) is 41.7 Å². The highest BCUT2D eigenvalue weighted by molar-refractivity contribution is 5.95. The number of aliphatic hydroxyl groups is 1. The number of carbonyl (C=O) groups is 1. The summed E-state index contributed by atoms with van der Waals surface area (Å²) in [6.45, 7) is 1.95. The fraction of sp³-hybridized carbons (Fsp3) is 0.500. The molecule has 0 aliphatic heterocycles. The summed E-state index contributed by atoms with van der Waals surface area (Å²) in [7, 11) is 0. The van der Waals surface area contributed by atoms with Gasteiger partial charge in [-0.15, -0.1) is 0 Å². The second-order valence-electron chi connectivity index (χ2n) is 6.47. The van der Waals surface area contributed by atoms with Gasteiger partial charge in [-0.3, -0.25) is 9.48 Å². The van der Waals surface area contributed by atoms with Crippen molar-refractivity contribution in [2.45, 2.75) is 50.3 Å². The molecule has 2 fully saturated rings. The molecule has 0 saturated heterocycles. The molecule has 0 bridgehead atoms. The van der Waals surface area contributed by atoms with Crippen molar-refractivity contribution in [3.63, 3.8) is 0 Å². The van der Waals surface area contributed by atoms with Crippen molar-refractivity contribution in [3.8, 4) is 0 Å². The molecule has 2 aliphatic carbocycles. The monoisotopic (exact) mass is 313 g/mol. The molecule has 0 unspecified atom stereocenters. The third kappa shape index (κ3) is 2.61. The van der Waals surface area contributed by atoms with Gasteiger partial charge in [-0.05, 0) is 31.7 Å². The van der Waals surface area contributed by atoms with Crippen LogP contribution in [0.25, 0.3) is 0 Å². The van der Waals surface area contributed by atoms with Gasteiger partial charge in [0.05, 0.1) is 35.6 Å². The van der Waals surface area contributed by atoms with E-state index in [0.717, 1.165) is 24.1 Å². The van der Waals surface area contributed by atoms with Crippen LogP contribution in [0, 0.1) is 6.92 Å². The maximum Gasteiger partial charge on any atom is 0.255 e. The summed E-state index contributed by atoms with van der Waals surface area (Å²) in [5.41, 5.74) is 2.41. The lowest BCUT2D eigenvalue weighted by molar-refractivity contribution is -0.00592. The highest BCUT2D eigenvalue weighted by Crippen LogP contribution is 2.40. The zero-order valence-electron chi connectivity index (χ0n) is 12.9. The van der Waals surface area contributed by atoms with Crippen molar-refractivity contribution in [2.75, 3.05) is 0 Å². The molecule has 0 spiro atoms. The van der Waals surface area contributed by atoms with Crippen molar-refractivity contribution in [1.82, 2.24) is 25.1 Å². The van der Waals surface area contributed by atoms with Crippen LogP contribution in [-0.4, -0.2) is 42.9 Å². The molecule has 7 heteroatoms. The lowest BCUT2D eigenvalue weighted by atomic mass is 9.83. The van der Waals surface area contributed by atoms with Gasteiger partial charge in [-0.2, -0.15) is 5.10 Å². The molecular weight excluding hydrogens is 294 g/mol. The second kappa shape index (κ2) is 5.42. The number of aromatic nitrogens is 4. The summed E-state index contributed by atoms with van der Waals surface area (Å²) in [6, 6.07) is -0.356. The molecule has 0 aromatic carbocycles. The predicted octanol–water partition coefficient (Wildman–Crippen LogP) is 0.963. The van der Waals surface area contributed by atoms with Gasteiger partial charge in [0.15, 0.2) is 0 Å². The van der Waals surface area contributed by atoms with E-state index in [0.29, 0.717) is 17.9 Å². The Kier molecular flexibility index (Phi) is 3.37. The summed E-state index contributed by atoms with van der Waals surface area (Å²) in [4.78, 5) is 20.8. The van der Waals surface area contributed by atoms with Gasteiger partial charge < -0.3 is 10.4 Å². The highest BCUT2D eigenvalue weighted by Gasteiger charge is 2.43. The minimum Gasteiger partial charge on any atom is -0.391 e. The first kappa shape index (κ1) is 14.3. The average molecular weight is 313 g/mol. The summed E-state index contributed by atoms with van der Waals surface area (Å²) in [6.07, 6.45) is 8.90. The van der Waals surface area contributed by atoms with E-state index in [-0.39, 0.29) is 18.0 Å². The lowest BCUT2D eigenvalue weighted by Crippen LogP contribution is -2.56. The molecule has 2 N–H and O–H groups in total. The van der Waals surface area contributed by atoms with E-state index in [1.54, 1.807) is 17.1 Å². The number of carbonyl (C=O) groups excluding carboxylic acids is 1. The Balaban J connectivity index is 1.51. The van der Waals surface area contributed by atoms with Crippen LogP contribution in [0.2, 0.25) is 0 Å². The molecule has 2 heterocycles. The van der Waals surface area contributed by atoms with E-state index in [1.807, 2.05) is 13.1 Å². The number of nitrogens with zero attached hydrogens (tertiary/aromatic N) is 4. The fourth-order valence-electron chi connectivity index (χ4n) is 3.15. The molecule has 0 radical (unpaired) electrons. The molecule has 23 heavy (non-hydrogen) atoms. The summed E-state index contributed by atoms with van der Waals surface area (Å²) >= 11 is 0. The van der Waals surface area contributed by atoms with Crippen LogP contribution in [0.1, 0.15) is 52.8 Å². The molecule has 3 atom stereocenters. The zero-order chi connectivity index (χ0) is 16.0. The predicted molar refractivity (Wildman–Crippen MR) is 81.9 cm³/mol. The molecule has 2 aliphatic rings. The third-order valence-electron chi connectivity index (χ3n) is 4.61. The Labute approximate surface area is 133 Å². The first-order valence-electron chi connectivity index (χ1n) is 7.93. The number of hydrogen-bond donors (Lipinski definition) is 2. The molecule has 4 rings (SSSR count). The first-order valence-corrected chi connectivity index (χ1v) is 7.93. The van der Waals surface area contributed by atoms with E-state index < -0.39 is 6.10 Å². The van der Waals surface area contributed by atoms with Gasteiger partial charge >= 0.3 is 0 Å². The topological polar surface area (TPSA) is 92.9 Å². The fourth-order valence-corrected chi connectivity index (χ4v) is 3.15. The lowest BCUT2D eigenvalue weighted by Gasteiger charge is -2.41. The SMILES string of the molecule is Cc1cnn([C@H]2[C@H](O)C[C@@H]2NC(=O)c2cncnc2C2CC2)c1. The van der Waals surface area contributed by atoms with Gasteiger partial charge in [-0.25, -0.2) is 9.97 Å². The second-order valence-corrected chi connectivity index (χ2v) is 6.47. The molecule has 2 saturated carbocycles. The van der Waals surface area contributed by atoms with Crippen molar-refractivity contribution >= 4 is 5.91 Å². The van der Waals surface area contributed by atoms with Gasteiger partial charge in [0.1, 0.15) is 6.33 Å². The zero-order valence-corrected chi connectivity index (χ0v) is 12.9. The normalized spacial score (nSPS) is 26.6. The number of aliphatic hydroxyl groups excluding tert-OH is 1. The van der Waals surface area contributed by atoms with E-state index in [4.69, 9.17) is 0 Å². The Morgan fingerprint density at radius 3 is 2.87 bits per heavy atom. The largest absolute Gasteiger partial charge is 0.391 e. The van der Waals surface area contributed by atoms with Crippen molar-refractivity contribution in [1.29, 1.82) is 0 Å². The quantitative estimate of drug-likeness (QED) is 0.877. The van der Waals surface area contributed by atoms with Gasteiger partial charge in [-0.1, -0.05) is 0 Å². The Hall–Kier alpha value is -2.28. The van der Waals surface area contributed by atoms with Crippen LogP contribution in [-0.2, 0) is 0 Å². The summed E-state index contributed by atoms with van der Waals surface area (Å²) in [5.74, 6) is 0.216. The Morgan fingerprint density at radius 1 is 1.39 bits per heavy atom. The van der Waals surface area contributed by atoms with Crippen LogP contribution >= 0.6 is 0 Å². The first-order chi connectivity index (χ1) is 11.1. The van der Waals surface area contributed by atoms with E-state index in [1.165, 1.54) is 6.33 Å². The minimum absolute atomic E-state index is 0.135. The molecule has 1 amide bonds. The van der Waals surface area contributed by atoms with E-state index >= 15 is 0 Å². The van der Waals surface area contributed by atoms with Crippen LogP contribution in [0.5, 0.6) is 0 Å². The van der Waals surface area contributed by atoms with Gasteiger partial charge in [0, 0.05) is 18.3 Å². The van der Waals surface area contributed by atoms with E-state index in [9.17, 15) is 9.90 Å². The summed E-state index contributed by atoms with van der Waals surface area (Å²) < 4.78 is 1.73. The van der Waals surface area contributed by atoms with Crippen LogP contribution in [0.15, 0.2) is 24.9 Å². The Morgan fingerprint density at radius 2 is 2.22 bits per heavy atom. The van der Waals surface area contributed by atoms with Gasteiger partial charge in [0.2, 0.25) is 0 Å². The number of nitrogens with one attached hydrogen (secondary N) is 1. The molecule has 7 nitrogen and oxygen atoms in total. The van der Waals surface area contributed by atoms with Crippen molar-refractivity contribution in [2.24, 2.45) is 0 Å². The molecule has 2 aromatic heterocycles. The number of hydrogen-bond acceptors (Lipinski definition) is 5. The molecular formula is C16H19N5O2. The Bertz CT molecular complexity index is 740. The average Bonchev–Trinajstić information content (AvgIpc) is 3.30. The highest BCUT2D eigenvalue weighted by atomic mass is 16.3. The van der Waals surface area contributed by atoms with Crippen LogP contribution in [0.4, 0.5) is 0 Å². The number of rotatable bonds is 4. The smallest absolute Gasteiger partial charge is 0.255 e. The maximum atomic E-state index is 12.6. The number of amides is 1. The summed E-state index contributed by atoms with van der Waals surface area (Å²) in [5, 5.41) is 17.3. The van der Waals surface area contributed by atoms with Crippen molar-refractivity contribution < 1.29 is 9.90 Å². The maximum absolute atomic E-state index is 12.6. The minimum atomic E-state index is -0.491. The third-order valence-corrected chi connectivity index (χ3v) is 4.61. The van der Waals surface area contributed by atoms with Crippen LogP contribution in [0.3, 0.4) is 0 Å². The molecule has 120 valence electrons. The van der Waals surface area contributed by atoms with Gasteiger partial charge in [0.25, 0.3) is 5.91 Å². The number of aryl methyl sites for hydroxylation is 1. The van der Waals surface area contributed by atoms with Crippen LogP contribution < -0.4 is 5.32 Å². The van der Waals surface area contributed by atoms with E-state index in [2.05, 4.69) is 20.4 Å².